The van der Waals surface area contributed by atoms with E-state index in [9.17, 15) is 30.9 Å². The van der Waals surface area contributed by atoms with E-state index in [2.05, 4.69) is 9.69 Å². The fraction of sp³-hybridized carbons (Fsp3) is 0. The van der Waals surface area contributed by atoms with E-state index >= 15 is 0 Å². The van der Waals surface area contributed by atoms with Gasteiger partial charge >= 0.3 is 0 Å². The van der Waals surface area contributed by atoms with Crippen LogP contribution in [0, 0.1) is 35.8 Å². The fourth-order valence-electron chi connectivity index (χ4n) is 4.39. The predicted molar refractivity (Wildman–Crippen MR) is 116 cm³/mol. The summed E-state index contributed by atoms with van der Waals surface area (Å²) < 4.78 is 0. The Morgan fingerprint density at radius 1 is 0.562 bits per heavy atom. The van der Waals surface area contributed by atoms with Crippen molar-refractivity contribution >= 4 is 54.5 Å². The molecule has 4 N–H and O–H groups in total. The molecule has 148 valence electrons. The molecule has 0 spiro atoms. The van der Waals surface area contributed by atoms with Crippen molar-refractivity contribution in [1.82, 2.24) is 0 Å². The molecule has 5 aromatic rings. The Morgan fingerprint density at radius 2 is 0.906 bits per heavy atom. The highest BCUT2D eigenvalue weighted by molar-refractivity contribution is 6.39. The van der Waals surface area contributed by atoms with Crippen LogP contribution < -0.4 is 0 Å². The Hall–Kier alpha value is -5.44. The van der Waals surface area contributed by atoms with E-state index in [0.717, 1.165) is 0 Å². The molecule has 8 nitrogen and oxygen atoms in total. The monoisotopic (exact) mass is 416 g/mol. The minimum Gasteiger partial charge on any atom is -0.518 e. The van der Waals surface area contributed by atoms with Crippen LogP contribution in [0.25, 0.3) is 52.8 Å². The fourth-order valence-corrected chi connectivity index (χ4v) is 4.39. The summed E-state index contributed by atoms with van der Waals surface area (Å²) >= 11 is 0. The summed E-state index contributed by atoms with van der Waals surface area (Å²) in [7, 11) is 0. The van der Waals surface area contributed by atoms with Crippen molar-refractivity contribution in [2.45, 2.75) is 0 Å². The minimum absolute atomic E-state index is 0.00658. The first-order chi connectivity index (χ1) is 15.4. The van der Waals surface area contributed by atoms with Crippen molar-refractivity contribution in [2.24, 2.45) is 0 Å². The molecular formula is C24H8N4O4. The summed E-state index contributed by atoms with van der Waals surface area (Å²) in [5.41, 5.74) is -0.592. The van der Waals surface area contributed by atoms with Gasteiger partial charge in [0, 0.05) is 32.3 Å². The number of phenols is 4. The summed E-state index contributed by atoms with van der Waals surface area (Å²) in [5.74, 6) is -1.93. The second-order valence-corrected chi connectivity index (χ2v) is 7.18. The van der Waals surface area contributed by atoms with E-state index in [1.165, 1.54) is 24.3 Å². The van der Waals surface area contributed by atoms with Crippen LogP contribution in [0.2, 0.25) is 0 Å². The number of nitrogens with zero attached hydrogens (tertiary/aromatic N) is 4. The standard InChI is InChI=1S/C24H8N4O4/c1-27-13-5-9-3-11(7-25)21(29)17-15(9)19(23(13)31)20-16-10(6-14(28-2)24(20)32)4-12(8-26)22(30)18(16)17/h3-6,29-32H. The van der Waals surface area contributed by atoms with Gasteiger partial charge in [-0.3, -0.25) is 0 Å². The average molecular weight is 416 g/mol. The summed E-state index contributed by atoms with van der Waals surface area (Å²) in [6.45, 7) is 14.8. The Kier molecular flexibility index (Phi) is 3.50. The molecule has 0 aliphatic carbocycles. The van der Waals surface area contributed by atoms with Gasteiger partial charge in [-0.25, -0.2) is 9.69 Å². The zero-order valence-corrected chi connectivity index (χ0v) is 15.9. The lowest BCUT2D eigenvalue weighted by molar-refractivity contribution is 0.475. The van der Waals surface area contributed by atoms with E-state index in [1.54, 1.807) is 0 Å². The topological polar surface area (TPSA) is 137 Å². The molecule has 0 atom stereocenters. The zero-order chi connectivity index (χ0) is 22.9. The van der Waals surface area contributed by atoms with Crippen LogP contribution in [0.4, 0.5) is 11.4 Å². The molecule has 0 heterocycles. The molecule has 0 saturated heterocycles. The van der Waals surface area contributed by atoms with Gasteiger partial charge in [0.25, 0.3) is 0 Å². The van der Waals surface area contributed by atoms with Crippen LogP contribution >= 0.6 is 0 Å². The first kappa shape index (κ1) is 18.6. The highest BCUT2D eigenvalue weighted by Crippen LogP contribution is 2.56. The molecule has 0 amide bonds. The Bertz CT molecular complexity index is 1600. The number of hydrogen-bond acceptors (Lipinski definition) is 6. The molecule has 5 aromatic carbocycles. The second-order valence-electron chi connectivity index (χ2n) is 7.18. The highest BCUT2D eigenvalue weighted by atomic mass is 16.3. The SMILES string of the molecule is [C-]#[N+]c1cc2cc(C#N)c(O)c3c4c(O)c(C#N)cc5cc([N+]#[C-])c(O)c(c(c1O)c23)c54. The number of rotatable bonds is 0. The van der Waals surface area contributed by atoms with Gasteiger partial charge in [0.2, 0.25) is 11.4 Å². The molecule has 0 saturated carbocycles. The van der Waals surface area contributed by atoms with Gasteiger partial charge in [-0.1, -0.05) is 0 Å². The van der Waals surface area contributed by atoms with E-state index in [1.807, 2.05) is 12.1 Å². The van der Waals surface area contributed by atoms with E-state index in [0.29, 0.717) is 10.8 Å². The third-order valence-corrected chi connectivity index (χ3v) is 5.69. The normalized spacial score (nSPS) is 10.9. The van der Waals surface area contributed by atoms with Crippen LogP contribution in [0.5, 0.6) is 23.0 Å². The van der Waals surface area contributed by atoms with Gasteiger partial charge in [-0.15, -0.1) is 0 Å². The zero-order valence-electron chi connectivity index (χ0n) is 15.9. The number of phenolic OH excluding ortho intramolecular Hbond substituents is 4. The molecule has 32 heavy (non-hydrogen) atoms. The Labute approximate surface area is 179 Å². The molecule has 0 aliphatic rings. The number of fused-ring (bicyclic) bond motifs is 2. The molecule has 0 radical (unpaired) electrons. The molecule has 8 heteroatoms. The molecule has 0 unspecified atom stereocenters. The van der Waals surface area contributed by atoms with Crippen molar-refractivity contribution in [1.29, 1.82) is 10.5 Å². The van der Waals surface area contributed by atoms with E-state index in [-0.39, 0.29) is 54.8 Å². The molecule has 0 aliphatic heterocycles. The quantitative estimate of drug-likeness (QED) is 0.151. The van der Waals surface area contributed by atoms with E-state index in [4.69, 9.17) is 13.1 Å². The van der Waals surface area contributed by atoms with Crippen LogP contribution in [0.3, 0.4) is 0 Å². The lowest BCUT2D eigenvalue weighted by Crippen LogP contribution is -1.93. The van der Waals surface area contributed by atoms with Gasteiger partial charge in [-0.2, -0.15) is 10.5 Å². The third-order valence-electron chi connectivity index (χ3n) is 5.69. The molecule has 0 fully saturated rings. The molecule has 5 rings (SSSR count). The summed E-state index contributed by atoms with van der Waals surface area (Å²) in [6, 6.07) is 9.04. The van der Waals surface area contributed by atoms with E-state index < -0.39 is 23.0 Å². The average Bonchev–Trinajstić information content (AvgIpc) is 2.80. The molecule has 0 bridgehead atoms. The first-order valence-corrected chi connectivity index (χ1v) is 9.05. The van der Waals surface area contributed by atoms with Crippen molar-refractivity contribution in [3.05, 3.63) is 58.2 Å². The van der Waals surface area contributed by atoms with Gasteiger partial charge in [0.15, 0.2) is 0 Å². The lowest BCUT2D eigenvalue weighted by Gasteiger charge is -2.20. The maximum Gasteiger partial charge on any atom is 0.229 e. The number of benzene rings is 5. The second kappa shape index (κ2) is 6.03. The van der Waals surface area contributed by atoms with Crippen LogP contribution in [0.1, 0.15) is 11.1 Å². The molecule has 0 aromatic heterocycles. The maximum atomic E-state index is 10.9. The van der Waals surface area contributed by atoms with Crippen LogP contribution in [0.15, 0.2) is 24.3 Å². The maximum absolute atomic E-state index is 10.9. The number of hydrogen-bond donors (Lipinski definition) is 4. The Balaban J connectivity index is 2.37. The van der Waals surface area contributed by atoms with Crippen molar-refractivity contribution in [2.75, 3.05) is 0 Å². The Morgan fingerprint density at radius 3 is 1.22 bits per heavy atom. The minimum atomic E-state index is -0.484. The largest absolute Gasteiger partial charge is 0.518 e. The van der Waals surface area contributed by atoms with Crippen LogP contribution in [-0.2, 0) is 0 Å². The van der Waals surface area contributed by atoms with Crippen molar-refractivity contribution in [3.63, 3.8) is 0 Å². The van der Waals surface area contributed by atoms with Gasteiger partial charge in [0.05, 0.1) is 24.3 Å². The first-order valence-electron chi connectivity index (χ1n) is 9.05. The van der Waals surface area contributed by atoms with Crippen molar-refractivity contribution in [3.8, 4) is 35.1 Å². The highest BCUT2D eigenvalue weighted by Gasteiger charge is 2.27. The number of aromatic hydroxyl groups is 4. The van der Waals surface area contributed by atoms with Gasteiger partial charge < -0.3 is 20.4 Å². The van der Waals surface area contributed by atoms with Crippen molar-refractivity contribution < 1.29 is 20.4 Å². The van der Waals surface area contributed by atoms with Gasteiger partial charge in [-0.05, 0) is 35.0 Å². The molecular weight excluding hydrogens is 408 g/mol. The van der Waals surface area contributed by atoms with Crippen LogP contribution in [-0.4, -0.2) is 20.4 Å². The predicted octanol–water partition coefficient (Wildman–Crippen LogP) is 5.40. The summed E-state index contributed by atoms with van der Waals surface area (Å²) in [5, 5.41) is 63.7. The number of nitriles is 2. The summed E-state index contributed by atoms with van der Waals surface area (Å²) in [4.78, 5) is 6.64. The smallest absolute Gasteiger partial charge is 0.229 e. The lowest BCUT2D eigenvalue weighted by atomic mass is 9.85. The summed E-state index contributed by atoms with van der Waals surface area (Å²) in [6.07, 6.45) is 0. The third kappa shape index (κ3) is 2.00. The van der Waals surface area contributed by atoms with Gasteiger partial charge in [0.1, 0.15) is 35.1 Å².